The fourth-order valence-corrected chi connectivity index (χ4v) is 2.03. The molecule has 0 aliphatic rings. The Kier molecular flexibility index (Phi) is 11.0. The zero-order valence-electron chi connectivity index (χ0n) is 15.6. The number of hydrogen-bond acceptors (Lipinski definition) is 5. The maximum Gasteiger partial charge on any atom is 0.489 e. The number of amidine groups is 2. The lowest BCUT2D eigenvalue weighted by Gasteiger charge is -2.27. The van der Waals surface area contributed by atoms with Gasteiger partial charge >= 0.3 is 12.5 Å². The molecule has 29 heavy (non-hydrogen) atoms. The summed E-state index contributed by atoms with van der Waals surface area (Å²) < 4.78 is 74.8. The molecule has 0 rings (SSSR count). The third-order valence-electron chi connectivity index (χ3n) is 3.10. The Balaban J connectivity index is 5.68. The van der Waals surface area contributed by atoms with Crippen LogP contribution in [0.2, 0.25) is 0 Å². The van der Waals surface area contributed by atoms with Crippen LogP contribution in [0.4, 0.5) is 26.3 Å². The van der Waals surface area contributed by atoms with Crippen LogP contribution in [0, 0.1) is 16.7 Å². The van der Waals surface area contributed by atoms with Crippen molar-refractivity contribution in [3.8, 4) is 0 Å². The molecular formula is C17H22F6N4O2. The van der Waals surface area contributed by atoms with Crippen molar-refractivity contribution >= 4 is 11.7 Å². The van der Waals surface area contributed by atoms with Gasteiger partial charge in [-0.2, -0.15) is 26.3 Å². The first-order valence-electron chi connectivity index (χ1n) is 8.13. The van der Waals surface area contributed by atoms with Crippen molar-refractivity contribution in [1.29, 1.82) is 10.8 Å². The summed E-state index contributed by atoms with van der Waals surface area (Å²) in [5, 5.41) is 24.7. The van der Waals surface area contributed by atoms with Crippen LogP contribution in [0.5, 0.6) is 0 Å². The van der Waals surface area contributed by atoms with E-state index in [1.807, 2.05) is 0 Å². The quantitative estimate of drug-likeness (QED) is 0.0834. The van der Waals surface area contributed by atoms with Gasteiger partial charge in [0.2, 0.25) is 5.84 Å². The number of hydroxylamine groups is 1. The zero-order chi connectivity index (χ0) is 22.7. The minimum Gasteiger partial charge on any atom is -0.409 e. The fraction of sp³-hybridized carbons (Fsp3) is 0.412. The molecule has 0 aliphatic heterocycles. The number of aliphatic hydroxyl groups excluding tert-OH is 1. The molecule has 0 radical (unpaired) electrons. The summed E-state index contributed by atoms with van der Waals surface area (Å²) in [5.41, 5.74) is 0.413. The van der Waals surface area contributed by atoms with E-state index in [-0.39, 0.29) is 17.0 Å². The molecular weight excluding hydrogens is 406 g/mol. The van der Waals surface area contributed by atoms with E-state index in [9.17, 15) is 31.4 Å². The SMILES string of the molecule is C/C=C\C(=N)N(C(=N)C(F)(F)F)/C(=C/C(/C=C\C)C/C=C/ONC(F)(F)F)CO. The van der Waals surface area contributed by atoms with Crippen LogP contribution in [0.25, 0.3) is 0 Å². The second-order valence-electron chi connectivity index (χ2n) is 5.40. The lowest BCUT2D eigenvalue weighted by Crippen LogP contribution is -2.43. The largest absolute Gasteiger partial charge is 0.489 e. The Morgan fingerprint density at radius 1 is 1.14 bits per heavy atom. The molecule has 0 heterocycles. The number of rotatable bonds is 9. The van der Waals surface area contributed by atoms with Crippen LogP contribution >= 0.6 is 0 Å². The minimum absolute atomic E-state index is 0.0114. The van der Waals surface area contributed by atoms with Gasteiger partial charge in [0.15, 0.2) is 0 Å². The van der Waals surface area contributed by atoms with Crippen LogP contribution in [0.3, 0.4) is 0 Å². The highest BCUT2D eigenvalue weighted by Gasteiger charge is 2.40. The molecule has 0 saturated heterocycles. The van der Waals surface area contributed by atoms with Crippen molar-refractivity contribution in [3.05, 3.63) is 48.4 Å². The standard InChI is InChI=1S/C17H22F6N4O2/c1-3-6-12(8-5-9-29-26-17(21,22)23)10-13(11-28)27(14(24)7-4-2)15(25)16(18,19)20/h3-7,9-10,12,24-26,28H,8,11H2,1-2H3/b6-3-,7-4-,9-5+,13-10+,24-14?,25-15?. The highest BCUT2D eigenvalue weighted by Crippen LogP contribution is 2.24. The third kappa shape index (κ3) is 10.5. The molecule has 1 unspecified atom stereocenters. The number of halogens is 6. The second-order valence-corrected chi connectivity index (χ2v) is 5.40. The summed E-state index contributed by atoms with van der Waals surface area (Å²) in [7, 11) is 0. The monoisotopic (exact) mass is 428 g/mol. The number of nitrogens with one attached hydrogen (secondary N) is 3. The van der Waals surface area contributed by atoms with Gasteiger partial charge in [-0.3, -0.25) is 15.7 Å². The molecule has 12 heteroatoms. The van der Waals surface area contributed by atoms with Crippen molar-refractivity contribution in [1.82, 2.24) is 10.4 Å². The molecule has 1 atom stereocenters. The lowest BCUT2D eigenvalue weighted by molar-refractivity contribution is -0.222. The normalized spacial score (nSPS) is 14.7. The fourth-order valence-electron chi connectivity index (χ4n) is 2.03. The van der Waals surface area contributed by atoms with Crippen LogP contribution in [0.15, 0.2) is 48.4 Å². The summed E-state index contributed by atoms with van der Waals surface area (Å²) in [6.07, 6.45) is -1.34. The smallest absolute Gasteiger partial charge is 0.409 e. The van der Waals surface area contributed by atoms with Gasteiger partial charge in [-0.25, -0.2) is 0 Å². The molecule has 0 aromatic rings. The maximum absolute atomic E-state index is 13.0. The Hall–Kier alpha value is -2.60. The Morgan fingerprint density at radius 2 is 1.76 bits per heavy atom. The van der Waals surface area contributed by atoms with Gasteiger partial charge in [0, 0.05) is 11.6 Å². The summed E-state index contributed by atoms with van der Waals surface area (Å²) >= 11 is 0. The van der Waals surface area contributed by atoms with Crippen molar-refractivity contribution in [2.45, 2.75) is 32.7 Å². The average molecular weight is 428 g/mol. The lowest BCUT2D eigenvalue weighted by atomic mass is 10.0. The summed E-state index contributed by atoms with van der Waals surface area (Å²) in [6, 6.07) is 0. The molecule has 164 valence electrons. The van der Waals surface area contributed by atoms with E-state index >= 15 is 0 Å². The van der Waals surface area contributed by atoms with Crippen molar-refractivity contribution in [3.63, 3.8) is 0 Å². The number of aliphatic hydroxyl groups is 1. The minimum atomic E-state index is -5.07. The number of alkyl halides is 6. The van der Waals surface area contributed by atoms with E-state index in [2.05, 4.69) is 4.84 Å². The highest BCUT2D eigenvalue weighted by atomic mass is 19.4. The average Bonchev–Trinajstić information content (AvgIpc) is 2.59. The Labute approximate surface area is 163 Å². The third-order valence-corrected chi connectivity index (χ3v) is 3.10. The van der Waals surface area contributed by atoms with Gasteiger partial charge in [0.05, 0.1) is 6.61 Å². The zero-order valence-corrected chi connectivity index (χ0v) is 15.6. The Morgan fingerprint density at radius 3 is 2.21 bits per heavy atom. The first-order valence-corrected chi connectivity index (χ1v) is 8.13. The number of allylic oxidation sites excluding steroid dienone is 5. The molecule has 0 spiro atoms. The molecule has 6 nitrogen and oxygen atoms in total. The van der Waals surface area contributed by atoms with Gasteiger partial charge in [-0.15, -0.1) is 0 Å². The first-order chi connectivity index (χ1) is 13.4. The predicted molar refractivity (Wildman–Crippen MR) is 95.7 cm³/mol. The first kappa shape index (κ1) is 26.4. The van der Waals surface area contributed by atoms with Gasteiger partial charge in [0.1, 0.15) is 12.1 Å². The number of nitrogens with zero attached hydrogens (tertiary/aromatic N) is 1. The molecule has 0 aliphatic carbocycles. The number of hydrogen-bond donors (Lipinski definition) is 4. The van der Waals surface area contributed by atoms with E-state index < -0.39 is 36.7 Å². The van der Waals surface area contributed by atoms with Crippen LogP contribution in [-0.2, 0) is 4.84 Å². The molecule has 0 aromatic carbocycles. The molecule has 0 bridgehead atoms. The molecule has 0 amide bonds. The van der Waals surface area contributed by atoms with Crippen molar-refractivity contribution < 1.29 is 36.3 Å². The summed E-state index contributed by atoms with van der Waals surface area (Å²) in [6.45, 7) is 2.17. The molecule has 0 aromatic heterocycles. The van der Waals surface area contributed by atoms with Gasteiger partial charge in [0.25, 0.3) is 0 Å². The van der Waals surface area contributed by atoms with Crippen LogP contribution in [-0.4, -0.2) is 40.8 Å². The molecule has 4 N–H and O–H groups in total. The van der Waals surface area contributed by atoms with Gasteiger partial charge in [-0.1, -0.05) is 29.8 Å². The summed E-state index contributed by atoms with van der Waals surface area (Å²) in [4.78, 5) is 4.31. The van der Waals surface area contributed by atoms with Gasteiger partial charge < -0.3 is 9.94 Å². The molecule has 0 fully saturated rings. The second kappa shape index (κ2) is 12.1. The van der Waals surface area contributed by atoms with E-state index in [0.717, 1.165) is 11.6 Å². The topological polar surface area (TPSA) is 92.4 Å². The van der Waals surface area contributed by atoms with Crippen LogP contribution in [0.1, 0.15) is 20.3 Å². The summed E-state index contributed by atoms with van der Waals surface area (Å²) in [5.74, 6) is -3.22. The van der Waals surface area contributed by atoms with Gasteiger partial charge in [-0.05, 0) is 32.4 Å². The van der Waals surface area contributed by atoms with E-state index in [0.29, 0.717) is 6.26 Å². The highest BCUT2D eigenvalue weighted by molar-refractivity contribution is 6.07. The van der Waals surface area contributed by atoms with Crippen molar-refractivity contribution in [2.75, 3.05) is 6.61 Å². The van der Waals surface area contributed by atoms with Crippen molar-refractivity contribution in [2.24, 2.45) is 5.92 Å². The van der Waals surface area contributed by atoms with Crippen LogP contribution < -0.4 is 5.48 Å². The Bertz CT molecular complexity index is 666. The van der Waals surface area contributed by atoms with E-state index in [1.54, 1.807) is 13.0 Å². The predicted octanol–water partition coefficient (Wildman–Crippen LogP) is 4.39. The molecule has 0 saturated carbocycles. The van der Waals surface area contributed by atoms with E-state index in [4.69, 9.17) is 10.8 Å². The van der Waals surface area contributed by atoms with E-state index in [1.165, 1.54) is 31.2 Å². The maximum atomic E-state index is 13.0.